The molecule has 2 heterocycles. The highest BCUT2D eigenvalue weighted by atomic mass is 19.4. The third-order valence-electron chi connectivity index (χ3n) is 5.57. The number of carbonyl (C=O) groups is 1. The molecule has 0 bridgehead atoms. The molecule has 1 amide bonds. The van der Waals surface area contributed by atoms with Crippen LogP contribution in [-0.2, 0) is 30.5 Å². The standard InChI is InChI=1S/C22H20F3N3O3/c1-2-26-20(30)16-7-3-4-8-18(16)28(21(26)31)13-19(29)27-11-5-6-14-12-15(22(23,24)25)9-10-17(14)27/h3-4,7-10,12H,2,5-6,11,13H2,1H3. The first-order valence-electron chi connectivity index (χ1n) is 9.95. The molecule has 3 aromatic rings. The summed E-state index contributed by atoms with van der Waals surface area (Å²) in [6, 6.07) is 9.90. The van der Waals surface area contributed by atoms with Crippen molar-refractivity contribution in [2.75, 3.05) is 11.4 Å². The average Bonchev–Trinajstić information content (AvgIpc) is 2.75. The minimum Gasteiger partial charge on any atom is -0.311 e. The van der Waals surface area contributed by atoms with Gasteiger partial charge in [0.1, 0.15) is 6.54 Å². The van der Waals surface area contributed by atoms with E-state index in [-0.39, 0.29) is 13.1 Å². The van der Waals surface area contributed by atoms with Crippen LogP contribution in [0.25, 0.3) is 10.9 Å². The molecule has 0 fully saturated rings. The fraction of sp³-hybridized carbons (Fsp3) is 0.318. The first-order chi connectivity index (χ1) is 14.7. The zero-order valence-electron chi connectivity index (χ0n) is 16.8. The molecule has 0 spiro atoms. The Bertz CT molecular complexity index is 1290. The number of halogens is 3. The molecule has 31 heavy (non-hydrogen) atoms. The highest BCUT2D eigenvalue weighted by Crippen LogP contribution is 2.35. The number of anilines is 1. The van der Waals surface area contributed by atoms with Crippen LogP contribution in [0.3, 0.4) is 0 Å². The first-order valence-corrected chi connectivity index (χ1v) is 9.95. The predicted molar refractivity (Wildman–Crippen MR) is 110 cm³/mol. The molecule has 0 N–H and O–H groups in total. The Hall–Kier alpha value is -3.36. The van der Waals surface area contributed by atoms with Crippen LogP contribution in [0.4, 0.5) is 18.9 Å². The van der Waals surface area contributed by atoms with Crippen LogP contribution in [0, 0.1) is 0 Å². The largest absolute Gasteiger partial charge is 0.416 e. The Balaban J connectivity index is 1.75. The van der Waals surface area contributed by atoms with Gasteiger partial charge < -0.3 is 4.90 Å². The number of aromatic nitrogens is 2. The molecule has 4 rings (SSSR count). The van der Waals surface area contributed by atoms with Crippen molar-refractivity contribution >= 4 is 22.5 Å². The van der Waals surface area contributed by atoms with Crippen LogP contribution in [0.1, 0.15) is 24.5 Å². The van der Waals surface area contributed by atoms with Gasteiger partial charge in [-0.2, -0.15) is 13.2 Å². The van der Waals surface area contributed by atoms with Crippen LogP contribution in [0.2, 0.25) is 0 Å². The maximum atomic E-state index is 13.1. The highest BCUT2D eigenvalue weighted by Gasteiger charge is 2.32. The number of hydrogen-bond donors (Lipinski definition) is 0. The van der Waals surface area contributed by atoms with Crippen LogP contribution in [-0.4, -0.2) is 21.6 Å². The molecule has 6 nitrogen and oxygen atoms in total. The third kappa shape index (κ3) is 3.64. The summed E-state index contributed by atoms with van der Waals surface area (Å²) in [7, 11) is 0. The zero-order valence-corrected chi connectivity index (χ0v) is 16.8. The lowest BCUT2D eigenvalue weighted by Gasteiger charge is -2.30. The lowest BCUT2D eigenvalue weighted by atomic mass is 9.99. The van der Waals surface area contributed by atoms with E-state index in [0.29, 0.717) is 41.5 Å². The van der Waals surface area contributed by atoms with E-state index >= 15 is 0 Å². The Morgan fingerprint density at radius 1 is 1.06 bits per heavy atom. The number of rotatable bonds is 3. The normalized spacial score (nSPS) is 14.0. The Kier molecular flexibility index (Phi) is 5.20. The van der Waals surface area contributed by atoms with E-state index in [1.165, 1.54) is 15.5 Å². The lowest BCUT2D eigenvalue weighted by Crippen LogP contribution is -2.44. The number of fused-ring (bicyclic) bond motifs is 2. The molecular weight excluding hydrogens is 411 g/mol. The number of alkyl halides is 3. The maximum absolute atomic E-state index is 13.1. The second-order valence-corrected chi connectivity index (χ2v) is 7.43. The summed E-state index contributed by atoms with van der Waals surface area (Å²) in [6.07, 6.45) is -3.50. The van der Waals surface area contributed by atoms with Crippen LogP contribution < -0.4 is 16.1 Å². The van der Waals surface area contributed by atoms with Crippen LogP contribution in [0.15, 0.2) is 52.1 Å². The van der Waals surface area contributed by atoms with E-state index in [2.05, 4.69) is 0 Å². The van der Waals surface area contributed by atoms with Gasteiger partial charge in [-0.1, -0.05) is 12.1 Å². The van der Waals surface area contributed by atoms with Crippen molar-refractivity contribution in [2.24, 2.45) is 0 Å². The molecule has 9 heteroatoms. The monoisotopic (exact) mass is 431 g/mol. The second kappa shape index (κ2) is 7.72. The number of amides is 1. The summed E-state index contributed by atoms with van der Waals surface area (Å²) in [5.41, 5.74) is -0.549. The summed E-state index contributed by atoms with van der Waals surface area (Å²) in [5, 5.41) is 0.325. The lowest BCUT2D eigenvalue weighted by molar-refractivity contribution is -0.137. The molecule has 162 valence electrons. The number of para-hydroxylation sites is 1. The molecule has 0 saturated carbocycles. The topological polar surface area (TPSA) is 64.3 Å². The number of benzene rings is 2. The van der Waals surface area contributed by atoms with Gasteiger partial charge in [0.05, 0.1) is 16.5 Å². The minimum atomic E-state index is -4.46. The quantitative estimate of drug-likeness (QED) is 0.640. The Labute approximate surface area is 175 Å². The summed E-state index contributed by atoms with van der Waals surface area (Å²) in [6.45, 7) is 1.85. The van der Waals surface area contributed by atoms with Crippen molar-refractivity contribution in [3.8, 4) is 0 Å². The summed E-state index contributed by atoms with van der Waals surface area (Å²) in [4.78, 5) is 40.0. The van der Waals surface area contributed by atoms with E-state index in [0.717, 1.165) is 16.7 Å². The van der Waals surface area contributed by atoms with E-state index in [1.807, 2.05) is 0 Å². The third-order valence-corrected chi connectivity index (χ3v) is 5.57. The van der Waals surface area contributed by atoms with Gasteiger partial charge in [-0.25, -0.2) is 4.79 Å². The van der Waals surface area contributed by atoms with Crippen molar-refractivity contribution in [2.45, 2.75) is 39.0 Å². The number of hydrogen-bond acceptors (Lipinski definition) is 3. The minimum absolute atomic E-state index is 0.156. The fourth-order valence-corrected chi connectivity index (χ4v) is 4.06. The van der Waals surface area contributed by atoms with Crippen molar-refractivity contribution < 1.29 is 18.0 Å². The predicted octanol–water partition coefficient (Wildman–Crippen LogP) is 3.18. The highest BCUT2D eigenvalue weighted by molar-refractivity contribution is 5.95. The summed E-state index contributed by atoms with van der Waals surface area (Å²) < 4.78 is 41.5. The van der Waals surface area contributed by atoms with Crippen LogP contribution in [0.5, 0.6) is 0 Å². The van der Waals surface area contributed by atoms with E-state index in [1.54, 1.807) is 31.2 Å². The number of carbonyl (C=O) groups excluding carboxylic acids is 1. The molecule has 1 aliphatic heterocycles. The molecule has 1 aromatic heterocycles. The van der Waals surface area contributed by atoms with Gasteiger partial charge in [-0.15, -0.1) is 0 Å². The number of nitrogens with zero attached hydrogens (tertiary/aromatic N) is 3. The maximum Gasteiger partial charge on any atom is 0.416 e. The second-order valence-electron chi connectivity index (χ2n) is 7.43. The Morgan fingerprint density at radius 2 is 1.81 bits per heavy atom. The first kappa shape index (κ1) is 20.9. The molecular formula is C22H20F3N3O3. The van der Waals surface area contributed by atoms with E-state index < -0.39 is 28.9 Å². The molecule has 0 unspecified atom stereocenters. The summed E-state index contributed by atoms with van der Waals surface area (Å²) >= 11 is 0. The SMILES string of the molecule is CCn1c(=O)c2ccccc2n(CC(=O)N2CCCc3cc(C(F)(F)F)ccc32)c1=O. The molecule has 1 aliphatic rings. The number of aryl methyl sites for hydroxylation is 1. The molecule has 0 atom stereocenters. The van der Waals surface area contributed by atoms with Gasteiger partial charge in [0, 0.05) is 18.8 Å². The molecule has 0 saturated heterocycles. The van der Waals surface area contributed by atoms with E-state index in [4.69, 9.17) is 0 Å². The van der Waals surface area contributed by atoms with Gasteiger partial charge in [-0.3, -0.25) is 18.7 Å². The van der Waals surface area contributed by atoms with Crippen LogP contribution >= 0.6 is 0 Å². The van der Waals surface area contributed by atoms with Crippen molar-refractivity contribution in [1.29, 1.82) is 0 Å². The van der Waals surface area contributed by atoms with Gasteiger partial charge in [0.25, 0.3) is 5.56 Å². The zero-order chi connectivity index (χ0) is 22.3. The van der Waals surface area contributed by atoms with Gasteiger partial charge in [0.15, 0.2) is 0 Å². The Morgan fingerprint density at radius 3 is 2.52 bits per heavy atom. The molecule has 0 radical (unpaired) electrons. The van der Waals surface area contributed by atoms with Crippen molar-refractivity contribution in [3.63, 3.8) is 0 Å². The van der Waals surface area contributed by atoms with Gasteiger partial charge in [0.2, 0.25) is 5.91 Å². The smallest absolute Gasteiger partial charge is 0.311 e. The summed E-state index contributed by atoms with van der Waals surface area (Å²) in [5.74, 6) is -0.422. The van der Waals surface area contributed by atoms with Crippen molar-refractivity contribution in [3.05, 3.63) is 74.4 Å². The molecule has 0 aliphatic carbocycles. The van der Waals surface area contributed by atoms with E-state index in [9.17, 15) is 27.6 Å². The van der Waals surface area contributed by atoms with Crippen molar-refractivity contribution in [1.82, 2.24) is 9.13 Å². The fourth-order valence-electron chi connectivity index (χ4n) is 4.06. The molecule has 2 aromatic carbocycles. The van der Waals surface area contributed by atoms with Gasteiger partial charge >= 0.3 is 11.9 Å². The van der Waals surface area contributed by atoms with Gasteiger partial charge in [-0.05, 0) is 55.7 Å². The average molecular weight is 431 g/mol.